The molecule has 0 bridgehead atoms. The third kappa shape index (κ3) is 5.21. The molecule has 3 atom stereocenters. The summed E-state index contributed by atoms with van der Waals surface area (Å²) < 4.78 is 13.2. The maximum Gasteiger partial charge on any atom is 0.246 e. The predicted molar refractivity (Wildman–Crippen MR) is 121 cm³/mol. The van der Waals surface area contributed by atoms with Crippen LogP contribution >= 0.6 is 11.3 Å². The van der Waals surface area contributed by atoms with Crippen molar-refractivity contribution in [3.05, 3.63) is 51.7 Å². The van der Waals surface area contributed by atoms with Crippen LogP contribution in [0.1, 0.15) is 60.7 Å². The van der Waals surface area contributed by atoms with Crippen molar-refractivity contribution in [1.82, 2.24) is 20.5 Å². The lowest BCUT2D eigenvalue weighted by molar-refractivity contribution is -0.138. The molecule has 32 heavy (non-hydrogen) atoms. The van der Waals surface area contributed by atoms with Gasteiger partial charge in [0.1, 0.15) is 22.6 Å². The van der Waals surface area contributed by atoms with Crippen LogP contribution in [0, 0.1) is 11.7 Å². The molecule has 9 heteroatoms. The van der Waals surface area contributed by atoms with Gasteiger partial charge >= 0.3 is 0 Å². The number of hydrogen-bond acceptors (Lipinski definition) is 6. The molecule has 2 heterocycles. The van der Waals surface area contributed by atoms with Crippen LogP contribution in [0.3, 0.4) is 0 Å². The van der Waals surface area contributed by atoms with E-state index in [1.165, 1.54) is 35.6 Å². The van der Waals surface area contributed by atoms with Crippen molar-refractivity contribution in [3.63, 3.8) is 0 Å². The molecule has 2 amide bonds. The number of carbonyl (C=O) groups is 3. The topological polar surface area (TPSA) is 91.4 Å². The Morgan fingerprint density at radius 2 is 1.88 bits per heavy atom. The number of likely N-dealkylation sites (tertiary alicyclic amines) is 1. The fraction of sp³-hybridized carbons (Fsp3) is 0.478. The molecule has 0 spiro atoms. The zero-order chi connectivity index (χ0) is 23.4. The first-order valence-corrected chi connectivity index (χ1v) is 11.6. The highest BCUT2D eigenvalue weighted by molar-refractivity contribution is 7.10. The van der Waals surface area contributed by atoms with E-state index >= 15 is 0 Å². The summed E-state index contributed by atoms with van der Waals surface area (Å²) in [6.45, 7) is 6.12. The molecule has 1 saturated heterocycles. The number of aromatic nitrogens is 1. The third-order valence-electron chi connectivity index (χ3n) is 5.74. The molecular formula is C23H29FN4O3S. The molecular weight excluding hydrogens is 431 g/mol. The normalized spacial score (nSPS) is 17.9. The summed E-state index contributed by atoms with van der Waals surface area (Å²) in [5.41, 5.74) is 0.649. The van der Waals surface area contributed by atoms with Crippen LogP contribution in [0.2, 0.25) is 0 Å². The Morgan fingerprint density at radius 3 is 2.50 bits per heavy atom. The predicted octanol–water partition coefficient (Wildman–Crippen LogP) is 2.93. The van der Waals surface area contributed by atoms with Gasteiger partial charge in [-0.2, -0.15) is 0 Å². The minimum Gasteiger partial charge on any atom is -0.343 e. The van der Waals surface area contributed by atoms with Crippen LogP contribution in [-0.4, -0.2) is 53.2 Å². The molecule has 1 fully saturated rings. The summed E-state index contributed by atoms with van der Waals surface area (Å²) in [6.07, 6.45) is 1.57. The summed E-state index contributed by atoms with van der Waals surface area (Å²) in [6, 6.07) is 4.08. The Kier molecular flexibility index (Phi) is 7.73. The van der Waals surface area contributed by atoms with Crippen LogP contribution in [0.4, 0.5) is 4.39 Å². The number of nitrogens with one attached hydrogen (secondary N) is 2. The standard InChI is InChI=1S/C23H29FN4O3S/c1-13(2)19(27-21(30)14(3)25-4)23(31)28-11-5-6-18(28)22-26-17(12-32-22)20(29)15-7-9-16(24)10-8-15/h7-10,12-14,18-19,25H,5-6,11H2,1-4H3,(H,27,30). The van der Waals surface area contributed by atoms with Gasteiger partial charge in [0.25, 0.3) is 0 Å². The summed E-state index contributed by atoms with van der Waals surface area (Å²) in [5.74, 6) is -1.13. The quantitative estimate of drug-likeness (QED) is 0.591. The minimum atomic E-state index is -0.640. The van der Waals surface area contributed by atoms with Crippen molar-refractivity contribution in [1.29, 1.82) is 0 Å². The van der Waals surface area contributed by atoms with Gasteiger partial charge in [-0.3, -0.25) is 14.4 Å². The second kappa shape index (κ2) is 10.3. The third-order valence-corrected chi connectivity index (χ3v) is 6.68. The number of thiazole rings is 1. The van der Waals surface area contributed by atoms with Crippen molar-refractivity contribution in [2.24, 2.45) is 5.92 Å². The summed E-state index contributed by atoms with van der Waals surface area (Å²) in [4.78, 5) is 44.7. The highest BCUT2D eigenvalue weighted by Gasteiger charge is 2.37. The molecule has 7 nitrogen and oxygen atoms in total. The number of likely N-dealkylation sites (N-methyl/N-ethyl adjacent to an activating group) is 1. The van der Waals surface area contributed by atoms with Gasteiger partial charge in [-0.05, 0) is 57.0 Å². The number of rotatable bonds is 8. The number of halogens is 1. The van der Waals surface area contributed by atoms with Crippen molar-refractivity contribution in [2.45, 2.75) is 51.7 Å². The lowest BCUT2D eigenvalue weighted by atomic mass is 10.0. The molecule has 1 aliphatic rings. The molecule has 0 saturated carbocycles. The lowest BCUT2D eigenvalue weighted by Gasteiger charge is -2.31. The van der Waals surface area contributed by atoms with Gasteiger partial charge in [-0.15, -0.1) is 11.3 Å². The minimum absolute atomic E-state index is 0.0799. The van der Waals surface area contributed by atoms with Crippen molar-refractivity contribution in [3.8, 4) is 0 Å². The largest absolute Gasteiger partial charge is 0.343 e. The number of amides is 2. The highest BCUT2D eigenvalue weighted by Crippen LogP contribution is 2.35. The molecule has 0 radical (unpaired) electrons. The zero-order valence-corrected chi connectivity index (χ0v) is 19.5. The number of benzene rings is 1. The first-order valence-electron chi connectivity index (χ1n) is 10.8. The van der Waals surface area contributed by atoms with Gasteiger partial charge in [0, 0.05) is 17.5 Å². The van der Waals surface area contributed by atoms with E-state index in [0.29, 0.717) is 17.1 Å². The summed E-state index contributed by atoms with van der Waals surface area (Å²) >= 11 is 1.34. The average molecular weight is 461 g/mol. The average Bonchev–Trinajstić information content (AvgIpc) is 3.45. The van der Waals surface area contributed by atoms with Crippen LogP contribution in [0.5, 0.6) is 0 Å². The van der Waals surface area contributed by atoms with E-state index in [0.717, 1.165) is 12.8 Å². The maximum atomic E-state index is 13.4. The SMILES string of the molecule is CNC(C)C(=O)NC(C(=O)N1CCCC1c1nc(C(=O)c2ccc(F)cc2)cs1)C(C)C. The Bertz CT molecular complexity index is 976. The first-order chi connectivity index (χ1) is 15.2. The van der Waals surface area contributed by atoms with Gasteiger partial charge in [-0.1, -0.05) is 13.8 Å². The summed E-state index contributed by atoms with van der Waals surface area (Å²) in [5, 5.41) is 8.13. The Morgan fingerprint density at radius 1 is 1.19 bits per heavy atom. The van der Waals surface area contributed by atoms with E-state index in [2.05, 4.69) is 15.6 Å². The van der Waals surface area contributed by atoms with Gasteiger partial charge in [0.05, 0.1) is 12.1 Å². The van der Waals surface area contributed by atoms with Crippen molar-refractivity contribution < 1.29 is 18.8 Å². The van der Waals surface area contributed by atoms with Gasteiger partial charge in [-0.25, -0.2) is 9.37 Å². The highest BCUT2D eigenvalue weighted by atomic mass is 32.1. The molecule has 0 aliphatic carbocycles. The van der Waals surface area contributed by atoms with Crippen molar-refractivity contribution >= 4 is 28.9 Å². The molecule has 1 aromatic carbocycles. The van der Waals surface area contributed by atoms with Crippen molar-refractivity contribution in [2.75, 3.05) is 13.6 Å². The molecule has 1 aliphatic heterocycles. The second-order valence-electron chi connectivity index (χ2n) is 8.34. The van der Waals surface area contributed by atoms with E-state index in [1.807, 2.05) is 13.8 Å². The molecule has 3 rings (SSSR count). The molecule has 1 aromatic heterocycles. The van der Waals surface area contributed by atoms with Gasteiger partial charge in [0.15, 0.2) is 0 Å². The van der Waals surface area contributed by atoms with E-state index in [9.17, 15) is 18.8 Å². The fourth-order valence-electron chi connectivity index (χ4n) is 3.68. The Hall–Kier alpha value is -2.65. The van der Waals surface area contributed by atoms with E-state index in [-0.39, 0.29) is 35.3 Å². The Labute approximate surface area is 191 Å². The van der Waals surface area contributed by atoms with Crippen LogP contribution in [-0.2, 0) is 9.59 Å². The van der Waals surface area contributed by atoms with Crippen LogP contribution in [0.15, 0.2) is 29.6 Å². The summed E-state index contributed by atoms with van der Waals surface area (Å²) in [7, 11) is 1.69. The Balaban J connectivity index is 1.77. The number of ketones is 1. The monoisotopic (exact) mass is 460 g/mol. The number of hydrogen-bond donors (Lipinski definition) is 2. The number of nitrogens with zero attached hydrogens (tertiary/aromatic N) is 2. The first kappa shape index (κ1) is 24.0. The van der Waals surface area contributed by atoms with Gasteiger partial charge < -0.3 is 15.5 Å². The fourth-order valence-corrected chi connectivity index (χ4v) is 4.63. The zero-order valence-electron chi connectivity index (χ0n) is 18.7. The van der Waals surface area contributed by atoms with Crippen LogP contribution in [0.25, 0.3) is 0 Å². The van der Waals surface area contributed by atoms with Crippen LogP contribution < -0.4 is 10.6 Å². The van der Waals surface area contributed by atoms with E-state index < -0.39 is 17.9 Å². The molecule has 2 N–H and O–H groups in total. The maximum absolute atomic E-state index is 13.4. The number of carbonyl (C=O) groups excluding carboxylic acids is 3. The van der Waals surface area contributed by atoms with E-state index in [1.54, 1.807) is 24.3 Å². The van der Waals surface area contributed by atoms with E-state index in [4.69, 9.17) is 0 Å². The lowest BCUT2D eigenvalue weighted by Crippen LogP contribution is -2.54. The molecule has 2 aromatic rings. The smallest absolute Gasteiger partial charge is 0.246 e. The second-order valence-corrected chi connectivity index (χ2v) is 9.23. The molecule has 3 unspecified atom stereocenters. The molecule has 172 valence electrons. The van der Waals surface area contributed by atoms with Gasteiger partial charge in [0.2, 0.25) is 17.6 Å².